The van der Waals surface area contributed by atoms with Crippen molar-refractivity contribution in [1.82, 2.24) is 4.90 Å². The van der Waals surface area contributed by atoms with Crippen LogP contribution in [0.15, 0.2) is 0 Å². The van der Waals surface area contributed by atoms with Crippen LogP contribution in [0.25, 0.3) is 0 Å². The van der Waals surface area contributed by atoms with E-state index in [1.807, 2.05) is 0 Å². The van der Waals surface area contributed by atoms with Gasteiger partial charge in [-0.3, -0.25) is 9.69 Å². The lowest BCUT2D eigenvalue weighted by Crippen LogP contribution is -2.34. The summed E-state index contributed by atoms with van der Waals surface area (Å²) in [5.41, 5.74) is 0. The Labute approximate surface area is 77.7 Å². The van der Waals surface area contributed by atoms with Gasteiger partial charge in [-0.05, 0) is 32.9 Å². The Bertz CT molecular complexity index is 163. The number of piperidine rings is 1. The number of nitrogens with zero attached hydrogens (tertiary/aromatic N) is 1. The SMILES string of the molecule is CC(=O)OS[C@@H]1CCCCN1C. The fraction of sp³-hybridized carbons (Fsp3) is 0.875. The van der Waals surface area contributed by atoms with Crippen molar-refractivity contribution < 1.29 is 8.98 Å². The molecule has 0 radical (unpaired) electrons. The molecule has 0 aromatic carbocycles. The quantitative estimate of drug-likeness (QED) is 0.618. The first-order chi connectivity index (χ1) is 5.70. The Kier molecular flexibility index (Phi) is 3.88. The molecule has 3 nitrogen and oxygen atoms in total. The minimum atomic E-state index is -0.209. The average Bonchev–Trinajstić information content (AvgIpc) is 2.03. The summed E-state index contributed by atoms with van der Waals surface area (Å²) in [7, 11) is 2.07. The zero-order valence-corrected chi connectivity index (χ0v) is 8.39. The molecule has 1 aliphatic heterocycles. The molecule has 0 bridgehead atoms. The average molecular weight is 189 g/mol. The van der Waals surface area contributed by atoms with E-state index in [4.69, 9.17) is 4.18 Å². The molecule has 0 aromatic rings. The van der Waals surface area contributed by atoms with Crippen LogP contribution in [-0.4, -0.2) is 29.8 Å². The molecule has 1 atom stereocenters. The predicted octanol–water partition coefficient (Wildman–Crippen LogP) is 1.64. The zero-order valence-electron chi connectivity index (χ0n) is 7.58. The van der Waals surface area contributed by atoms with Crippen molar-refractivity contribution in [3.05, 3.63) is 0 Å². The van der Waals surface area contributed by atoms with Crippen molar-refractivity contribution in [2.45, 2.75) is 31.6 Å². The third kappa shape index (κ3) is 3.03. The number of hydrogen-bond donors (Lipinski definition) is 0. The zero-order chi connectivity index (χ0) is 8.97. The highest BCUT2D eigenvalue weighted by Gasteiger charge is 2.20. The lowest BCUT2D eigenvalue weighted by atomic mass is 10.1. The number of carbonyl (C=O) groups excluding carboxylic acids is 1. The van der Waals surface area contributed by atoms with Gasteiger partial charge < -0.3 is 4.18 Å². The molecule has 1 saturated heterocycles. The lowest BCUT2D eigenvalue weighted by molar-refractivity contribution is -0.130. The smallest absolute Gasteiger partial charge is 0.314 e. The second-order valence-electron chi connectivity index (χ2n) is 3.10. The minimum Gasteiger partial charge on any atom is -0.390 e. The van der Waals surface area contributed by atoms with Crippen LogP contribution in [-0.2, 0) is 8.98 Å². The monoisotopic (exact) mass is 189 g/mol. The van der Waals surface area contributed by atoms with Gasteiger partial charge in [0.25, 0.3) is 0 Å². The molecular formula is C8H15NO2S. The highest BCUT2D eigenvalue weighted by Crippen LogP contribution is 2.25. The Hall–Kier alpha value is -0.220. The molecule has 1 aliphatic rings. The molecule has 70 valence electrons. The van der Waals surface area contributed by atoms with E-state index in [1.165, 1.54) is 31.8 Å². The van der Waals surface area contributed by atoms with Gasteiger partial charge in [0.15, 0.2) is 0 Å². The summed E-state index contributed by atoms with van der Waals surface area (Å²) in [5.74, 6) is -0.209. The van der Waals surface area contributed by atoms with Gasteiger partial charge in [-0.15, -0.1) is 0 Å². The van der Waals surface area contributed by atoms with Crippen LogP contribution in [0.5, 0.6) is 0 Å². The third-order valence-corrected chi connectivity index (χ3v) is 3.13. The van der Waals surface area contributed by atoms with E-state index in [0.717, 1.165) is 13.0 Å². The Morgan fingerprint density at radius 1 is 1.58 bits per heavy atom. The minimum absolute atomic E-state index is 0.209. The molecule has 1 heterocycles. The molecule has 0 saturated carbocycles. The van der Waals surface area contributed by atoms with Gasteiger partial charge >= 0.3 is 5.97 Å². The number of rotatable bonds is 2. The number of hydrogen-bond acceptors (Lipinski definition) is 4. The molecule has 0 aromatic heterocycles. The summed E-state index contributed by atoms with van der Waals surface area (Å²) in [6.07, 6.45) is 3.62. The Morgan fingerprint density at radius 3 is 2.92 bits per heavy atom. The van der Waals surface area contributed by atoms with Crippen molar-refractivity contribution in [3.63, 3.8) is 0 Å². The second kappa shape index (κ2) is 4.72. The molecule has 0 unspecified atom stereocenters. The van der Waals surface area contributed by atoms with Crippen LogP contribution < -0.4 is 0 Å². The Balaban J connectivity index is 2.24. The predicted molar refractivity (Wildman–Crippen MR) is 49.6 cm³/mol. The summed E-state index contributed by atoms with van der Waals surface area (Å²) in [6.45, 7) is 2.55. The fourth-order valence-electron chi connectivity index (χ4n) is 1.29. The van der Waals surface area contributed by atoms with Gasteiger partial charge in [0.05, 0.1) is 17.4 Å². The highest BCUT2D eigenvalue weighted by molar-refractivity contribution is 7.95. The van der Waals surface area contributed by atoms with Gasteiger partial charge in [0.2, 0.25) is 0 Å². The maximum Gasteiger partial charge on any atom is 0.314 e. The summed E-state index contributed by atoms with van der Waals surface area (Å²) in [6, 6.07) is 0. The topological polar surface area (TPSA) is 29.5 Å². The molecular weight excluding hydrogens is 174 g/mol. The first-order valence-electron chi connectivity index (χ1n) is 4.24. The maximum atomic E-state index is 10.5. The first kappa shape index (κ1) is 9.86. The third-order valence-electron chi connectivity index (χ3n) is 1.98. The molecule has 0 aliphatic carbocycles. The molecule has 0 amide bonds. The summed E-state index contributed by atoms with van der Waals surface area (Å²) < 4.78 is 4.89. The maximum absolute atomic E-state index is 10.5. The summed E-state index contributed by atoms with van der Waals surface area (Å²) in [4.78, 5) is 12.8. The van der Waals surface area contributed by atoms with E-state index in [2.05, 4.69) is 11.9 Å². The molecule has 4 heteroatoms. The van der Waals surface area contributed by atoms with Crippen molar-refractivity contribution in [1.29, 1.82) is 0 Å². The second-order valence-corrected chi connectivity index (χ2v) is 4.01. The van der Waals surface area contributed by atoms with Crippen LogP contribution in [0, 0.1) is 0 Å². The van der Waals surface area contributed by atoms with E-state index < -0.39 is 0 Å². The van der Waals surface area contributed by atoms with Crippen LogP contribution in [0.4, 0.5) is 0 Å². The van der Waals surface area contributed by atoms with Gasteiger partial charge in [-0.25, -0.2) is 0 Å². The molecule has 0 spiro atoms. The van der Waals surface area contributed by atoms with Gasteiger partial charge in [-0.1, -0.05) is 0 Å². The van der Waals surface area contributed by atoms with E-state index in [0.29, 0.717) is 5.37 Å². The highest BCUT2D eigenvalue weighted by atomic mass is 32.2. The van der Waals surface area contributed by atoms with Crippen molar-refractivity contribution in [3.8, 4) is 0 Å². The molecule has 1 fully saturated rings. The van der Waals surface area contributed by atoms with Gasteiger partial charge in [0.1, 0.15) is 0 Å². The van der Waals surface area contributed by atoms with Crippen LogP contribution >= 0.6 is 12.0 Å². The standard InChI is InChI=1S/C8H15NO2S/c1-7(10)11-12-8-5-3-4-6-9(8)2/h8H,3-6H2,1-2H3/t8-/m1/s1. The lowest BCUT2D eigenvalue weighted by Gasteiger charge is -2.30. The number of likely N-dealkylation sites (tertiary alicyclic amines) is 1. The summed E-state index contributed by atoms with van der Waals surface area (Å²) >= 11 is 1.29. The van der Waals surface area contributed by atoms with E-state index in [9.17, 15) is 4.79 Å². The fourth-order valence-corrected chi connectivity index (χ4v) is 2.05. The van der Waals surface area contributed by atoms with Gasteiger partial charge in [0, 0.05) is 6.92 Å². The van der Waals surface area contributed by atoms with E-state index >= 15 is 0 Å². The van der Waals surface area contributed by atoms with E-state index in [1.54, 1.807) is 0 Å². The molecule has 0 N–H and O–H groups in total. The largest absolute Gasteiger partial charge is 0.390 e. The van der Waals surface area contributed by atoms with Crippen LogP contribution in [0.2, 0.25) is 0 Å². The van der Waals surface area contributed by atoms with Gasteiger partial charge in [-0.2, -0.15) is 0 Å². The first-order valence-corrected chi connectivity index (χ1v) is 5.05. The Morgan fingerprint density at radius 2 is 2.33 bits per heavy atom. The van der Waals surface area contributed by atoms with E-state index in [-0.39, 0.29) is 5.97 Å². The van der Waals surface area contributed by atoms with Crippen molar-refractivity contribution >= 4 is 18.0 Å². The van der Waals surface area contributed by atoms with Crippen molar-refractivity contribution in [2.75, 3.05) is 13.6 Å². The normalized spacial score (nSPS) is 25.3. The van der Waals surface area contributed by atoms with Crippen LogP contribution in [0.1, 0.15) is 26.2 Å². The molecule has 1 rings (SSSR count). The molecule has 12 heavy (non-hydrogen) atoms. The van der Waals surface area contributed by atoms with Crippen LogP contribution in [0.3, 0.4) is 0 Å². The number of carbonyl (C=O) groups is 1. The summed E-state index contributed by atoms with van der Waals surface area (Å²) in [5, 5.41) is 0.364. The van der Waals surface area contributed by atoms with Crippen molar-refractivity contribution in [2.24, 2.45) is 0 Å².